The smallest absolute Gasteiger partial charge is 0.322 e. The highest BCUT2D eigenvalue weighted by atomic mass is 32.2. The number of pyridine rings is 1. The van der Waals surface area contributed by atoms with E-state index in [1.54, 1.807) is 12.1 Å². The van der Waals surface area contributed by atoms with E-state index in [9.17, 15) is 13.2 Å². The third-order valence-electron chi connectivity index (χ3n) is 4.09. The lowest BCUT2D eigenvalue weighted by Crippen LogP contribution is -2.13. The van der Waals surface area contributed by atoms with E-state index in [4.69, 9.17) is 24.1 Å². The van der Waals surface area contributed by atoms with Gasteiger partial charge in [-0.2, -0.15) is 0 Å². The van der Waals surface area contributed by atoms with Gasteiger partial charge in [0, 0.05) is 23.7 Å². The van der Waals surface area contributed by atoms with Gasteiger partial charge in [-0.1, -0.05) is 0 Å². The van der Waals surface area contributed by atoms with Crippen molar-refractivity contribution in [2.75, 3.05) is 40.3 Å². The molecule has 0 fully saturated rings. The molecule has 0 radical (unpaired) electrons. The van der Waals surface area contributed by atoms with Gasteiger partial charge in [0.2, 0.25) is 5.88 Å². The molecule has 0 spiro atoms. The van der Waals surface area contributed by atoms with Crippen molar-refractivity contribution in [3.05, 3.63) is 40.9 Å². The number of hydrogen-bond acceptors (Lipinski definition) is 9. The molecule has 1 heterocycles. The number of methoxy groups -OCH3 is 4. The second-order valence-corrected chi connectivity index (χ2v) is 8.09. The van der Waals surface area contributed by atoms with Gasteiger partial charge >= 0.3 is 5.97 Å². The quantitative estimate of drug-likeness (QED) is 0.523. The summed E-state index contributed by atoms with van der Waals surface area (Å²) in [6.07, 6.45) is 2.73. The Morgan fingerprint density at radius 3 is 2.23 bits per heavy atom. The van der Waals surface area contributed by atoms with Crippen LogP contribution in [-0.4, -0.2) is 59.5 Å². The molecular weight excluding hydrogens is 428 g/mol. The molecule has 2 aromatic rings. The van der Waals surface area contributed by atoms with E-state index in [2.05, 4.69) is 10.3 Å². The molecule has 10 nitrogen and oxygen atoms in total. The fourth-order valence-electron chi connectivity index (χ4n) is 2.68. The van der Waals surface area contributed by atoms with Gasteiger partial charge in [0.1, 0.15) is 23.8 Å². The normalized spacial score (nSPS) is 11.2. The van der Waals surface area contributed by atoms with Crippen LogP contribution in [0, 0.1) is 0 Å². The number of carbonyl (C=O) groups is 1. The first-order valence-corrected chi connectivity index (χ1v) is 10.6. The molecule has 0 amide bonds. The SMILES string of the molecule is COc1cc(OC)c(/C=C/S(=O)(=O)Cc2cnc(OC)c(NCC(=O)O)c2)c(OC)c1. The van der Waals surface area contributed by atoms with Gasteiger partial charge in [-0.15, -0.1) is 0 Å². The highest BCUT2D eigenvalue weighted by Gasteiger charge is 2.15. The van der Waals surface area contributed by atoms with Crippen LogP contribution in [0.25, 0.3) is 6.08 Å². The standard InChI is InChI=1S/C20H24N2O8S/c1-27-14-8-17(28-2)15(18(9-14)29-3)5-6-31(25,26)12-13-7-16(21-11-19(23)24)20(30-4)22-10-13/h5-10,21H,11-12H2,1-4H3,(H,23,24)/b6-5+. The molecule has 0 aliphatic rings. The Bertz CT molecular complexity index is 1040. The molecule has 2 rings (SSSR count). The van der Waals surface area contributed by atoms with Gasteiger partial charge < -0.3 is 29.4 Å². The van der Waals surface area contributed by atoms with E-state index in [-0.39, 0.29) is 23.9 Å². The lowest BCUT2D eigenvalue weighted by Gasteiger charge is -2.12. The first-order valence-electron chi connectivity index (χ1n) is 8.92. The monoisotopic (exact) mass is 452 g/mol. The maximum Gasteiger partial charge on any atom is 0.322 e. The lowest BCUT2D eigenvalue weighted by molar-refractivity contribution is -0.134. The molecule has 31 heavy (non-hydrogen) atoms. The van der Waals surface area contributed by atoms with Crippen LogP contribution in [0.1, 0.15) is 11.1 Å². The number of anilines is 1. The van der Waals surface area contributed by atoms with Crippen molar-refractivity contribution in [2.45, 2.75) is 5.75 Å². The van der Waals surface area contributed by atoms with Crippen molar-refractivity contribution in [3.8, 4) is 23.1 Å². The van der Waals surface area contributed by atoms with Crippen LogP contribution in [0.3, 0.4) is 0 Å². The first-order chi connectivity index (χ1) is 14.7. The second kappa shape index (κ2) is 10.5. The number of carboxylic acid groups (broad SMARTS) is 1. The topological polar surface area (TPSA) is 133 Å². The van der Waals surface area contributed by atoms with Crippen molar-refractivity contribution >= 4 is 27.6 Å². The van der Waals surface area contributed by atoms with E-state index >= 15 is 0 Å². The molecule has 11 heteroatoms. The van der Waals surface area contributed by atoms with Gasteiger partial charge in [-0.3, -0.25) is 4.79 Å². The molecule has 0 saturated heterocycles. The minimum absolute atomic E-state index is 0.158. The Balaban J connectivity index is 2.31. The largest absolute Gasteiger partial charge is 0.496 e. The molecule has 0 aliphatic heterocycles. The Morgan fingerprint density at radius 1 is 1.06 bits per heavy atom. The maximum atomic E-state index is 12.7. The van der Waals surface area contributed by atoms with Gasteiger partial charge in [0.25, 0.3) is 0 Å². The number of benzene rings is 1. The van der Waals surface area contributed by atoms with Crippen LogP contribution in [-0.2, 0) is 20.4 Å². The molecule has 1 aromatic heterocycles. The molecule has 0 atom stereocenters. The first kappa shape index (κ1) is 23.8. The van der Waals surface area contributed by atoms with E-state index in [0.717, 1.165) is 5.41 Å². The number of rotatable bonds is 11. The van der Waals surface area contributed by atoms with Gasteiger partial charge in [0.15, 0.2) is 9.84 Å². The van der Waals surface area contributed by atoms with E-state index < -0.39 is 15.8 Å². The molecule has 0 saturated carbocycles. The number of aromatic nitrogens is 1. The highest BCUT2D eigenvalue weighted by molar-refractivity contribution is 7.93. The summed E-state index contributed by atoms with van der Waals surface area (Å²) in [7, 11) is 2.07. The summed E-state index contributed by atoms with van der Waals surface area (Å²) in [5.41, 5.74) is 1.07. The van der Waals surface area contributed by atoms with Crippen molar-refractivity contribution in [1.29, 1.82) is 0 Å². The average Bonchev–Trinajstić information content (AvgIpc) is 2.75. The third kappa shape index (κ3) is 6.51. The number of ether oxygens (including phenoxy) is 4. The van der Waals surface area contributed by atoms with Crippen LogP contribution in [0.5, 0.6) is 23.1 Å². The molecule has 0 bridgehead atoms. The highest BCUT2D eigenvalue weighted by Crippen LogP contribution is 2.35. The Hall–Kier alpha value is -3.47. The predicted octanol–water partition coefficient (Wildman–Crippen LogP) is 2.20. The van der Waals surface area contributed by atoms with Gasteiger partial charge in [-0.25, -0.2) is 13.4 Å². The summed E-state index contributed by atoms with van der Waals surface area (Å²) < 4.78 is 46.2. The zero-order valence-corrected chi connectivity index (χ0v) is 18.4. The van der Waals surface area contributed by atoms with Crippen molar-refractivity contribution in [2.24, 2.45) is 0 Å². The summed E-state index contributed by atoms with van der Waals surface area (Å²) in [5.74, 6) is -0.0125. The summed E-state index contributed by atoms with van der Waals surface area (Å²) in [6, 6.07) is 4.71. The minimum Gasteiger partial charge on any atom is -0.496 e. The number of aliphatic carboxylic acids is 1. The fourth-order valence-corrected chi connectivity index (χ4v) is 3.75. The lowest BCUT2D eigenvalue weighted by atomic mass is 10.1. The molecule has 1 aromatic carbocycles. The number of carboxylic acids is 1. The molecule has 0 aliphatic carbocycles. The fraction of sp³-hybridized carbons (Fsp3) is 0.300. The van der Waals surface area contributed by atoms with E-state index in [1.807, 2.05) is 0 Å². The second-order valence-electron chi connectivity index (χ2n) is 6.20. The maximum absolute atomic E-state index is 12.7. The van der Waals surface area contributed by atoms with Crippen molar-refractivity contribution in [1.82, 2.24) is 4.98 Å². The van der Waals surface area contributed by atoms with E-state index in [0.29, 0.717) is 28.4 Å². The molecule has 168 valence electrons. The number of nitrogens with one attached hydrogen (secondary N) is 1. The number of hydrogen-bond donors (Lipinski definition) is 2. The van der Waals surface area contributed by atoms with Crippen molar-refractivity contribution < 1.29 is 37.3 Å². The molecular formula is C20H24N2O8S. The predicted molar refractivity (Wildman–Crippen MR) is 115 cm³/mol. The number of sulfone groups is 1. The van der Waals surface area contributed by atoms with Crippen LogP contribution < -0.4 is 24.3 Å². The Labute approximate surface area is 180 Å². The van der Waals surface area contributed by atoms with Crippen LogP contribution >= 0.6 is 0 Å². The zero-order valence-electron chi connectivity index (χ0n) is 17.5. The summed E-state index contributed by atoms with van der Waals surface area (Å²) in [6.45, 7) is -0.370. The molecule has 0 unspecified atom stereocenters. The third-order valence-corrected chi connectivity index (χ3v) is 5.38. The summed E-state index contributed by atoms with van der Waals surface area (Å²) >= 11 is 0. The van der Waals surface area contributed by atoms with E-state index in [1.165, 1.54) is 46.8 Å². The van der Waals surface area contributed by atoms with Gasteiger partial charge in [0.05, 0.1) is 45.4 Å². The Morgan fingerprint density at radius 2 is 1.71 bits per heavy atom. The van der Waals surface area contributed by atoms with Gasteiger partial charge in [-0.05, 0) is 17.7 Å². The molecule has 2 N–H and O–H groups in total. The zero-order chi connectivity index (χ0) is 23.0. The average molecular weight is 452 g/mol. The minimum atomic E-state index is -3.71. The van der Waals surface area contributed by atoms with Crippen molar-refractivity contribution in [3.63, 3.8) is 0 Å². The van der Waals surface area contributed by atoms with Crippen LogP contribution in [0.2, 0.25) is 0 Å². The van der Waals surface area contributed by atoms with Crippen LogP contribution in [0.15, 0.2) is 29.8 Å². The van der Waals surface area contributed by atoms with Crippen LogP contribution in [0.4, 0.5) is 5.69 Å². The summed E-state index contributed by atoms with van der Waals surface area (Å²) in [5, 5.41) is 12.5. The summed E-state index contributed by atoms with van der Waals surface area (Å²) in [4.78, 5) is 14.8. The number of nitrogens with zero attached hydrogens (tertiary/aromatic N) is 1. The Kier molecular flexibility index (Phi) is 8.08.